The lowest BCUT2D eigenvalue weighted by atomic mass is 9.95. The summed E-state index contributed by atoms with van der Waals surface area (Å²) < 4.78 is 13.5. The monoisotopic (exact) mass is 549 g/mol. The first-order valence-electron chi connectivity index (χ1n) is 12.9. The van der Waals surface area contributed by atoms with Gasteiger partial charge in [-0.15, -0.1) is 0 Å². The van der Waals surface area contributed by atoms with E-state index in [0.717, 1.165) is 22.3 Å². The van der Waals surface area contributed by atoms with Crippen molar-refractivity contribution < 1.29 is 14.3 Å². The van der Waals surface area contributed by atoms with Crippen LogP contribution in [0.25, 0.3) is 6.08 Å². The molecule has 2 heterocycles. The summed E-state index contributed by atoms with van der Waals surface area (Å²) in [6.45, 7) is 5.94. The third-order valence-electron chi connectivity index (χ3n) is 6.64. The van der Waals surface area contributed by atoms with E-state index in [4.69, 9.17) is 9.47 Å². The van der Waals surface area contributed by atoms with Crippen LogP contribution in [-0.2, 0) is 16.1 Å². The molecule has 0 saturated heterocycles. The molecule has 3 aromatic carbocycles. The number of esters is 1. The minimum atomic E-state index is -0.660. The summed E-state index contributed by atoms with van der Waals surface area (Å²) in [6.07, 6.45) is 1.78. The predicted octanol–water partition coefficient (Wildman–Crippen LogP) is 4.56. The highest BCUT2D eigenvalue weighted by atomic mass is 32.1. The number of fused-ring (bicyclic) bond motifs is 1. The fraction of sp³-hybridized carbons (Fsp3) is 0.188. The third kappa shape index (κ3) is 5.24. The number of para-hydroxylation sites is 1. The Morgan fingerprint density at radius 1 is 1.07 bits per heavy atom. The van der Waals surface area contributed by atoms with Crippen molar-refractivity contribution in [2.45, 2.75) is 33.4 Å². The Morgan fingerprint density at radius 3 is 2.55 bits per heavy atom. The van der Waals surface area contributed by atoms with Crippen LogP contribution < -0.4 is 19.6 Å². The number of nitriles is 1. The minimum Gasteiger partial charge on any atom is -0.488 e. The molecule has 40 heavy (non-hydrogen) atoms. The van der Waals surface area contributed by atoms with Crippen LogP contribution in [-0.4, -0.2) is 17.1 Å². The number of carbonyl (C=O) groups excluding carboxylic acids is 1. The molecule has 5 rings (SSSR count). The van der Waals surface area contributed by atoms with Crippen LogP contribution in [0.15, 0.2) is 93.9 Å². The summed E-state index contributed by atoms with van der Waals surface area (Å²) in [7, 11) is 0. The van der Waals surface area contributed by atoms with Gasteiger partial charge in [-0.3, -0.25) is 9.36 Å². The van der Waals surface area contributed by atoms with E-state index >= 15 is 0 Å². The van der Waals surface area contributed by atoms with E-state index in [9.17, 15) is 14.9 Å². The molecule has 0 bridgehead atoms. The Bertz CT molecular complexity index is 1840. The first-order chi connectivity index (χ1) is 19.4. The predicted molar refractivity (Wildman–Crippen MR) is 154 cm³/mol. The number of thiazole rings is 1. The quantitative estimate of drug-likeness (QED) is 0.315. The maximum atomic E-state index is 13.9. The first-order valence-corrected chi connectivity index (χ1v) is 13.7. The SMILES string of the molecule is CCOC(=O)C1=C(C)N=c2s/c(=C\c3ccccc3OCc3ccccc3C#N)c(=O)n2[C@@H]1c1ccc(C)cc1. The summed E-state index contributed by atoms with van der Waals surface area (Å²) in [4.78, 5) is 32.1. The molecular weight excluding hydrogens is 522 g/mol. The van der Waals surface area contributed by atoms with Crippen molar-refractivity contribution in [3.63, 3.8) is 0 Å². The molecule has 200 valence electrons. The molecule has 7 nitrogen and oxygen atoms in total. The Kier molecular flexibility index (Phi) is 7.76. The van der Waals surface area contributed by atoms with Crippen LogP contribution in [0.3, 0.4) is 0 Å². The van der Waals surface area contributed by atoms with E-state index in [1.807, 2.05) is 73.7 Å². The van der Waals surface area contributed by atoms with Crippen molar-refractivity contribution in [2.24, 2.45) is 4.99 Å². The molecule has 0 fully saturated rings. The number of carbonyl (C=O) groups is 1. The summed E-state index contributed by atoms with van der Waals surface area (Å²) in [5.41, 5.74) is 4.54. The van der Waals surface area contributed by atoms with E-state index in [-0.39, 0.29) is 18.8 Å². The second kappa shape index (κ2) is 11.6. The molecule has 0 saturated carbocycles. The number of ether oxygens (including phenoxy) is 2. The molecular formula is C32H27N3O4S. The average Bonchev–Trinajstić information content (AvgIpc) is 3.26. The highest BCUT2D eigenvalue weighted by molar-refractivity contribution is 7.07. The van der Waals surface area contributed by atoms with Gasteiger partial charge in [-0.25, -0.2) is 9.79 Å². The van der Waals surface area contributed by atoms with Crippen LogP contribution >= 0.6 is 11.3 Å². The number of rotatable bonds is 7. The van der Waals surface area contributed by atoms with Crippen LogP contribution in [0.4, 0.5) is 0 Å². The van der Waals surface area contributed by atoms with Crippen molar-refractivity contribution in [2.75, 3.05) is 6.61 Å². The number of allylic oxidation sites excluding steroid dienone is 1. The fourth-order valence-corrected chi connectivity index (χ4v) is 5.68. The van der Waals surface area contributed by atoms with Crippen molar-refractivity contribution in [3.05, 3.63) is 132 Å². The third-order valence-corrected chi connectivity index (χ3v) is 7.62. The molecule has 8 heteroatoms. The zero-order valence-corrected chi connectivity index (χ0v) is 23.2. The molecule has 1 aliphatic heterocycles. The minimum absolute atomic E-state index is 0.214. The summed E-state index contributed by atoms with van der Waals surface area (Å²) in [5, 5.41) is 9.41. The van der Waals surface area contributed by atoms with Gasteiger partial charge < -0.3 is 9.47 Å². The Labute approximate surface area is 235 Å². The fourth-order valence-electron chi connectivity index (χ4n) is 4.64. The van der Waals surface area contributed by atoms with Gasteiger partial charge in [-0.1, -0.05) is 77.6 Å². The van der Waals surface area contributed by atoms with Crippen molar-refractivity contribution in [1.29, 1.82) is 5.26 Å². The largest absolute Gasteiger partial charge is 0.488 e. The van der Waals surface area contributed by atoms with Crippen molar-refractivity contribution in [1.82, 2.24) is 4.57 Å². The Balaban J connectivity index is 1.59. The van der Waals surface area contributed by atoms with Crippen LogP contribution in [0, 0.1) is 18.3 Å². The number of nitrogens with zero attached hydrogens (tertiary/aromatic N) is 3. The van der Waals surface area contributed by atoms with E-state index in [0.29, 0.717) is 31.9 Å². The number of benzene rings is 3. The van der Waals surface area contributed by atoms with Gasteiger partial charge in [0.1, 0.15) is 12.4 Å². The maximum absolute atomic E-state index is 13.9. The smallest absolute Gasteiger partial charge is 0.338 e. The van der Waals surface area contributed by atoms with Crippen molar-refractivity contribution in [3.8, 4) is 11.8 Å². The molecule has 0 N–H and O–H groups in total. The molecule has 0 radical (unpaired) electrons. The van der Waals surface area contributed by atoms with Gasteiger partial charge in [0.25, 0.3) is 5.56 Å². The number of aromatic nitrogens is 1. The number of hydrogen-bond acceptors (Lipinski definition) is 7. The molecule has 0 unspecified atom stereocenters. The first kappa shape index (κ1) is 26.9. The highest BCUT2D eigenvalue weighted by Gasteiger charge is 2.33. The second-order valence-corrected chi connectivity index (χ2v) is 10.3. The van der Waals surface area contributed by atoms with Crippen LogP contribution in [0.1, 0.15) is 47.7 Å². The summed E-state index contributed by atoms with van der Waals surface area (Å²) in [5.74, 6) is 0.0968. The maximum Gasteiger partial charge on any atom is 0.338 e. The Hall–Kier alpha value is -4.74. The van der Waals surface area contributed by atoms with Gasteiger partial charge in [-0.05, 0) is 44.5 Å². The van der Waals surface area contributed by atoms with Crippen LogP contribution in [0.5, 0.6) is 5.75 Å². The van der Waals surface area contributed by atoms with Gasteiger partial charge in [0, 0.05) is 11.1 Å². The van der Waals surface area contributed by atoms with Gasteiger partial charge in [0.05, 0.1) is 40.1 Å². The second-order valence-electron chi connectivity index (χ2n) is 9.31. The molecule has 0 aliphatic carbocycles. The van der Waals surface area contributed by atoms with Gasteiger partial charge >= 0.3 is 5.97 Å². The standard InChI is InChI=1S/C32H27N3O4S/c1-4-38-31(37)28-21(3)34-32-35(29(28)22-15-13-20(2)14-16-22)30(36)27(40-32)17-23-9-7-8-12-26(23)39-19-25-11-6-5-10-24(25)18-33/h5-17,29H,4,19H2,1-3H3/b27-17-/t29-/m1/s1. The van der Waals surface area contributed by atoms with E-state index < -0.39 is 12.0 Å². The number of aryl methyl sites for hydroxylation is 1. The van der Waals surface area contributed by atoms with E-state index in [2.05, 4.69) is 11.1 Å². The van der Waals surface area contributed by atoms with E-state index in [1.54, 1.807) is 30.6 Å². The molecule has 0 amide bonds. The summed E-state index contributed by atoms with van der Waals surface area (Å²) >= 11 is 1.26. The molecule has 4 aromatic rings. The van der Waals surface area contributed by atoms with E-state index in [1.165, 1.54) is 11.3 Å². The number of hydrogen-bond donors (Lipinski definition) is 0. The molecule has 0 spiro atoms. The molecule has 1 aromatic heterocycles. The topological polar surface area (TPSA) is 93.7 Å². The Morgan fingerprint density at radius 2 is 1.80 bits per heavy atom. The zero-order chi connectivity index (χ0) is 28.2. The van der Waals surface area contributed by atoms with Crippen LogP contribution in [0.2, 0.25) is 0 Å². The van der Waals surface area contributed by atoms with Gasteiger partial charge in [-0.2, -0.15) is 5.26 Å². The lowest BCUT2D eigenvalue weighted by Crippen LogP contribution is -2.39. The highest BCUT2D eigenvalue weighted by Crippen LogP contribution is 2.31. The van der Waals surface area contributed by atoms with Gasteiger partial charge in [0.2, 0.25) is 0 Å². The summed E-state index contributed by atoms with van der Waals surface area (Å²) in [6, 6.07) is 24.0. The molecule has 1 aliphatic rings. The zero-order valence-electron chi connectivity index (χ0n) is 22.4. The van der Waals surface area contributed by atoms with Crippen molar-refractivity contribution >= 4 is 23.4 Å². The molecule has 1 atom stereocenters. The normalized spacial score (nSPS) is 14.8. The lowest BCUT2D eigenvalue weighted by molar-refractivity contribution is -0.139. The average molecular weight is 550 g/mol. The lowest BCUT2D eigenvalue weighted by Gasteiger charge is -2.24. The van der Waals surface area contributed by atoms with Gasteiger partial charge in [0.15, 0.2) is 4.80 Å².